The zero-order valence-corrected chi connectivity index (χ0v) is 22.5. The van der Waals surface area contributed by atoms with E-state index in [0.717, 1.165) is 22.3 Å². The maximum absolute atomic E-state index is 6.62. The number of ether oxygens (including phenoxy) is 2. The fourth-order valence-corrected chi connectivity index (χ4v) is 6.21. The van der Waals surface area contributed by atoms with Crippen LogP contribution in [0.4, 0.5) is 0 Å². The monoisotopic (exact) mass is 554 g/mol. The molecule has 0 saturated carbocycles. The molecular weight excluding hydrogens is 529 g/mol. The van der Waals surface area contributed by atoms with Crippen molar-refractivity contribution in [1.29, 1.82) is 0 Å². The number of hydrogen-bond acceptors (Lipinski definition) is 4. The summed E-state index contributed by atoms with van der Waals surface area (Å²) in [6.07, 6.45) is 3.31. The molecule has 0 amide bonds. The second-order valence-corrected chi connectivity index (χ2v) is 11.3. The van der Waals surface area contributed by atoms with Gasteiger partial charge in [-0.3, -0.25) is 0 Å². The van der Waals surface area contributed by atoms with Crippen molar-refractivity contribution in [1.82, 2.24) is 0 Å². The van der Waals surface area contributed by atoms with Gasteiger partial charge in [0.15, 0.2) is 17.5 Å². The Labute approximate surface area is 237 Å². The van der Waals surface area contributed by atoms with Crippen molar-refractivity contribution in [3.8, 4) is 0 Å². The van der Waals surface area contributed by atoms with Crippen LogP contribution in [0.1, 0.15) is 34.5 Å². The lowest BCUT2D eigenvalue weighted by Crippen LogP contribution is -2.51. The van der Waals surface area contributed by atoms with Gasteiger partial charge in [0.25, 0.3) is 0 Å². The van der Waals surface area contributed by atoms with Gasteiger partial charge in [-0.2, -0.15) is 4.99 Å². The molecule has 2 fully saturated rings. The van der Waals surface area contributed by atoms with Gasteiger partial charge >= 0.3 is 0 Å². The Balaban J connectivity index is 1.28. The van der Waals surface area contributed by atoms with Crippen molar-refractivity contribution in [3.63, 3.8) is 0 Å². The molecule has 7 heteroatoms. The van der Waals surface area contributed by atoms with Gasteiger partial charge in [-0.25, -0.2) is 0 Å². The molecule has 5 nitrogen and oxygen atoms in total. The van der Waals surface area contributed by atoms with Gasteiger partial charge in [0.2, 0.25) is 6.34 Å². The van der Waals surface area contributed by atoms with Crippen LogP contribution < -0.4 is 0 Å². The van der Waals surface area contributed by atoms with Crippen LogP contribution in [0.25, 0.3) is 0 Å². The van der Waals surface area contributed by atoms with Crippen LogP contribution in [0, 0.1) is 0 Å². The van der Waals surface area contributed by atoms with Gasteiger partial charge in [-0.05, 0) is 46.5 Å². The summed E-state index contributed by atoms with van der Waals surface area (Å²) in [6.45, 7) is 1.10. The molecule has 4 unspecified atom stereocenters. The first-order valence-electron chi connectivity index (χ1n) is 12.9. The summed E-state index contributed by atoms with van der Waals surface area (Å²) >= 11 is 12.5. The van der Waals surface area contributed by atoms with Crippen molar-refractivity contribution in [2.24, 2.45) is 10.1 Å². The molecule has 7 rings (SSSR count). The van der Waals surface area contributed by atoms with Gasteiger partial charge in [-0.15, -0.1) is 4.59 Å². The average molecular weight is 555 g/mol. The second-order valence-electron chi connectivity index (χ2n) is 10.4. The highest BCUT2D eigenvalue weighted by Gasteiger charge is 2.68. The first kappa shape index (κ1) is 24.7. The Morgan fingerprint density at radius 3 is 1.44 bits per heavy atom. The third kappa shape index (κ3) is 4.41. The average Bonchev–Trinajstić information content (AvgIpc) is 3.83. The first-order valence-corrected chi connectivity index (χ1v) is 13.7. The summed E-state index contributed by atoms with van der Waals surface area (Å²) in [5, 5.41) is 6.32. The van der Waals surface area contributed by atoms with Crippen LogP contribution in [0.2, 0.25) is 10.0 Å². The standard InChI is InChI=1S/C32H26Cl2N3O2/c33-27-15-11-25(12-16-27)31(29(38-31)23-7-3-1-4-8-23)19-37(22-35-21-36-37)20-32(26-13-17-28(34)18-14-26)30(39-32)24-9-5-2-6-10-24/h1-18,21-22,29-30H,19-20H2/q+1. The SMILES string of the molecule is Clc1ccc(C2(C[N+]3(CC4(c5ccc(Cl)cc5)OC4c4ccccc4)C=NC=N3)OC2c2ccccc2)cc1. The number of nitrogens with zero attached hydrogens (tertiary/aromatic N) is 3. The number of quaternary nitrogens is 1. The summed E-state index contributed by atoms with van der Waals surface area (Å²) in [7, 11) is 0. The Hall–Kier alpha value is -3.32. The molecule has 3 heterocycles. The largest absolute Gasteiger partial charge is 0.350 e. The van der Waals surface area contributed by atoms with E-state index >= 15 is 0 Å². The molecule has 4 atom stereocenters. The smallest absolute Gasteiger partial charge is 0.218 e. The first-order chi connectivity index (χ1) is 19.0. The van der Waals surface area contributed by atoms with Crippen LogP contribution in [0.5, 0.6) is 0 Å². The maximum Gasteiger partial charge on any atom is 0.218 e. The summed E-state index contributed by atoms with van der Waals surface area (Å²) in [5.41, 5.74) is 3.18. The second kappa shape index (κ2) is 9.40. The summed E-state index contributed by atoms with van der Waals surface area (Å²) in [4.78, 5) is 4.47. The van der Waals surface area contributed by atoms with Crippen LogP contribution in [0.15, 0.2) is 119 Å². The lowest BCUT2D eigenvalue weighted by Gasteiger charge is -2.31. The summed E-state index contributed by atoms with van der Waals surface area (Å²) in [6, 6.07) is 36.5. The Bertz CT molecular complexity index is 1430. The fraction of sp³-hybridized carbons (Fsp3) is 0.188. The number of halogens is 2. The van der Waals surface area contributed by atoms with Gasteiger partial charge < -0.3 is 9.47 Å². The summed E-state index contributed by atoms with van der Waals surface area (Å²) < 4.78 is 13.5. The van der Waals surface area contributed by atoms with Crippen LogP contribution >= 0.6 is 23.2 Å². The topological polar surface area (TPSA) is 49.8 Å². The molecule has 0 aromatic heterocycles. The molecule has 0 spiro atoms. The van der Waals surface area contributed by atoms with E-state index in [1.54, 1.807) is 6.34 Å². The van der Waals surface area contributed by atoms with Crippen LogP contribution in [0.3, 0.4) is 0 Å². The lowest BCUT2D eigenvalue weighted by atomic mass is 9.88. The number of rotatable bonds is 8. The minimum Gasteiger partial charge on any atom is -0.350 e. The molecule has 0 radical (unpaired) electrons. The zero-order valence-electron chi connectivity index (χ0n) is 21.0. The van der Waals surface area contributed by atoms with Crippen molar-refractivity contribution < 1.29 is 14.1 Å². The minimum atomic E-state index is -0.599. The van der Waals surface area contributed by atoms with Crippen molar-refractivity contribution in [3.05, 3.63) is 141 Å². The maximum atomic E-state index is 6.62. The molecule has 194 valence electrons. The predicted molar refractivity (Wildman–Crippen MR) is 154 cm³/mol. The number of aliphatic imine (C=N–C) groups is 1. The Kier molecular flexibility index (Phi) is 5.96. The molecule has 0 bridgehead atoms. The Morgan fingerprint density at radius 2 is 1.05 bits per heavy atom. The normalized spacial score (nSPS) is 30.4. The van der Waals surface area contributed by atoms with E-state index < -0.39 is 11.2 Å². The highest BCUT2D eigenvalue weighted by Crippen LogP contribution is 2.61. The lowest BCUT2D eigenvalue weighted by molar-refractivity contribution is -0.848. The predicted octanol–water partition coefficient (Wildman–Crippen LogP) is 7.43. The highest BCUT2D eigenvalue weighted by atomic mass is 35.5. The van der Waals surface area contributed by atoms with Crippen LogP contribution in [-0.4, -0.2) is 30.4 Å². The molecule has 0 N–H and O–H groups in total. The molecule has 3 aliphatic rings. The third-order valence-electron chi connectivity index (χ3n) is 7.91. The van der Waals surface area contributed by atoms with Gasteiger partial charge in [0.05, 0.1) is 0 Å². The van der Waals surface area contributed by atoms with E-state index in [-0.39, 0.29) is 16.8 Å². The molecule has 39 heavy (non-hydrogen) atoms. The zero-order chi connectivity index (χ0) is 26.5. The van der Waals surface area contributed by atoms with E-state index in [9.17, 15) is 0 Å². The fourth-order valence-electron chi connectivity index (χ4n) is 5.96. The molecule has 4 aromatic carbocycles. The number of epoxide rings is 2. The Morgan fingerprint density at radius 1 is 0.615 bits per heavy atom. The van der Waals surface area contributed by atoms with Gasteiger partial charge in [0.1, 0.15) is 25.3 Å². The van der Waals surface area contributed by atoms with Gasteiger partial charge in [0, 0.05) is 10.0 Å². The van der Waals surface area contributed by atoms with Gasteiger partial charge in [-0.1, -0.05) is 113 Å². The van der Waals surface area contributed by atoms with E-state index in [0.29, 0.717) is 23.1 Å². The quantitative estimate of drug-likeness (QED) is 0.168. The highest BCUT2D eigenvalue weighted by molar-refractivity contribution is 6.30. The minimum absolute atomic E-state index is 0.115. The van der Waals surface area contributed by atoms with E-state index in [4.69, 9.17) is 37.8 Å². The third-order valence-corrected chi connectivity index (χ3v) is 8.41. The molecule has 3 aliphatic heterocycles. The molecular formula is C32H26Cl2N3O2+. The van der Waals surface area contributed by atoms with E-state index in [2.05, 4.69) is 29.3 Å². The number of benzene rings is 4. The van der Waals surface area contributed by atoms with E-state index in [1.807, 2.05) is 91.3 Å². The molecule has 4 aromatic rings. The molecule has 0 aliphatic carbocycles. The van der Waals surface area contributed by atoms with Crippen molar-refractivity contribution in [2.75, 3.05) is 13.1 Å². The van der Waals surface area contributed by atoms with E-state index in [1.165, 1.54) is 0 Å². The van der Waals surface area contributed by atoms with Crippen molar-refractivity contribution >= 4 is 35.9 Å². The number of hydrogen-bond donors (Lipinski definition) is 0. The molecule has 2 saturated heterocycles. The van der Waals surface area contributed by atoms with Crippen molar-refractivity contribution in [2.45, 2.75) is 23.4 Å². The van der Waals surface area contributed by atoms with Crippen LogP contribution in [-0.2, 0) is 20.7 Å². The summed E-state index contributed by atoms with van der Waals surface area (Å²) in [5.74, 6) is 0.